The number of nitrogens with zero attached hydrogens (tertiary/aromatic N) is 4. The van der Waals surface area contributed by atoms with Gasteiger partial charge in [0, 0.05) is 39.8 Å². The van der Waals surface area contributed by atoms with E-state index in [9.17, 15) is 0 Å². The third-order valence-electron chi connectivity index (χ3n) is 4.70. The molecule has 2 aliphatic rings. The molecule has 1 saturated heterocycles. The Morgan fingerprint density at radius 3 is 2.46 bits per heavy atom. The van der Waals surface area contributed by atoms with Crippen LogP contribution in [-0.2, 0) is 20.1 Å². The van der Waals surface area contributed by atoms with Crippen molar-refractivity contribution in [2.45, 2.75) is 13.1 Å². The quantitative estimate of drug-likeness (QED) is 0.846. The van der Waals surface area contributed by atoms with Gasteiger partial charge in [-0.1, -0.05) is 17.7 Å². The lowest BCUT2D eigenvalue weighted by atomic mass is 10.1. The molecular weight excluding hydrogens is 328 g/mol. The predicted octanol–water partition coefficient (Wildman–Crippen LogP) is 2.12. The summed E-state index contributed by atoms with van der Waals surface area (Å²) in [5.41, 5.74) is 1.27. The first-order chi connectivity index (χ1) is 11.7. The van der Waals surface area contributed by atoms with Gasteiger partial charge in [-0.15, -0.1) is 0 Å². The van der Waals surface area contributed by atoms with E-state index >= 15 is 0 Å². The molecule has 0 amide bonds. The largest absolute Gasteiger partial charge is 0.454 e. The van der Waals surface area contributed by atoms with Crippen LogP contribution in [-0.4, -0.2) is 52.3 Å². The summed E-state index contributed by atoms with van der Waals surface area (Å²) in [6.07, 6.45) is 1.72. The number of benzene rings is 1. The Bertz CT molecular complexity index is 725. The third-order valence-corrected chi connectivity index (χ3v) is 5.05. The van der Waals surface area contributed by atoms with Crippen LogP contribution in [0.4, 0.5) is 0 Å². The third kappa shape index (κ3) is 3.22. The first-order valence-electron chi connectivity index (χ1n) is 8.18. The second-order valence-corrected chi connectivity index (χ2v) is 6.68. The van der Waals surface area contributed by atoms with Crippen molar-refractivity contribution in [3.8, 4) is 11.5 Å². The fourth-order valence-electron chi connectivity index (χ4n) is 3.17. The standard InChI is InChI=1S/C17H21ClN4O2/c1-20-16(18)9-19-17(20)11-22-6-4-21(5-7-22)10-13-2-3-14-15(8-13)24-12-23-14/h2-3,8-9H,4-7,10-12H2,1H3. The normalized spacial score (nSPS) is 18.2. The zero-order chi connectivity index (χ0) is 16.5. The Morgan fingerprint density at radius 2 is 1.75 bits per heavy atom. The van der Waals surface area contributed by atoms with Gasteiger partial charge in [0.25, 0.3) is 0 Å². The Labute approximate surface area is 146 Å². The molecule has 0 N–H and O–H groups in total. The highest BCUT2D eigenvalue weighted by molar-refractivity contribution is 6.29. The van der Waals surface area contributed by atoms with Gasteiger partial charge in [-0.3, -0.25) is 9.80 Å². The molecule has 0 saturated carbocycles. The molecule has 7 heteroatoms. The molecule has 2 aromatic rings. The van der Waals surface area contributed by atoms with Gasteiger partial charge in [0.05, 0.1) is 12.7 Å². The van der Waals surface area contributed by atoms with Crippen LogP contribution in [0.5, 0.6) is 11.5 Å². The van der Waals surface area contributed by atoms with Crippen LogP contribution in [0.25, 0.3) is 0 Å². The van der Waals surface area contributed by atoms with Crippen molar-refractivity contribution >= 4 is 11.6 Å². The molecule has 0 atom stereocenters. The average molecular weight is 349 g/mol. The van der Waals surface area contributed by atoms with Crippen LogP contribution >= 0.6 is 11.6 Å². The molecule has 2 aliphatic heterocycles. The van der Waals surface area contributed by atoms with Crippen molar-refractivity contribution in [3.05, 3.63) is 40.9 Å². The maximum atomic E-state index is 6.06. The van der Waals surface area contributed by atoms with E-state index in [1.807, 2.05) is 17.7 Å². The van der Waals surface area contributed by atoms with Gasteiger partial charge in [-0.25, -0.2) is 4.98 Å². The average Bonchev–Trinajstić information content (AvgIpc) is 3.18. The Hall–Kier alpha value is -1.76. The molecule has 3 heterocycles. The van der Waals surface area contributed by atoms with Gasteiger partial charge >= 0.3 is 0 Å². The molecule has 128 valence electrons. The molecule has 4 rings (SSSR count). The van der Waals surface area contributed by atoms with Gasteiger partial charge in [-0.05, 0) is 17.7 Å². The number of fused-ring (bicyclic) bond motifs is 1. The lowest BCUT2D eigenvalue weighted by Crippen LogP contribution is -2.45. The molecule has 6 nitrogen and oxygen atoms in total. The van der Waals surface area contributed by atoms with Crippen molar-refractivity contribution in [1.82, 2.24) is 19.4 Å². The van der Waals surface area contributed by atoms with Crippen molar-refractivity contribution in [2.75, 3.05) is 33.0 Å². The second kappa shape index (κ2) is 6.63. The van der Waals surface area contributed by atoms with Crippen molar-refractivity contribution < 1.29 is 9.47 Å². The molecule has 1 aromatic carbocycles. The van der Waals surface area contributed by atoms with E-state index in [1.54, 1.807) is 6.20 Å². The minimum Gasteiger partial charge on any atom is -0.454 e. The van der Waals surface area contributed by atoms with Gasteiger partial charge in [0.1, 0.15) is 11.0 Å². The van der Waals surface area contributed by atoms with E-state index in [1.165, 1.54) is 5.56 Å². The van der Waals surface area contributed by atoms with Crippen molar-refractivity contribution in [2.24, 2.45) is 7.05 Å². The Balaban J connectivity index is 1.31. The van der Waals surface area contributed by atoms with Crippen LogP contribution < -0.4 is 9.47 Å². The second-order valence-electron chi connectivity index (χ2n) is 6.30. The highest BCUT2D eigenvalue weighted by Crippen LogP contribution is 2.32. The van der Waals surface area contributed by atoms with Gasteiger partial charge in [0.2, 0.25) is 6.79 Å². The van der Waals surface area contributed by atoms with Gasteiger partial charge in [-0.2, -0.15) is 0 Å². The fraction of sp³-hybridized carbons (Fsp3) is 0.471. The minimum absolute atomic E-state index is 0.328. The summed E-state index contributed by atoms with van der Waals surface area (Å²) in [6.45, 7) is 6.29. The molecule has 24 heavy (non-hydrogen) atoms. The maximum absolute atomic E-state index is 6.06. The summed E-state index contributed by atoms with van der Waals surface area (Å²) in [4.78, 5) is 9.28. The van der Waals surface area contributed by atoms with E-state index in [2.05, 4.69) is 26.9 Å². The fourth-order valence-corrected chi connectivity index (χ4v) is 3.32. The summed E-state index contributed by atoms with van der Waals surface area (Å²) in [7, 11) is 1.96. The number of ether oxygens (including phenoxy) is 2. The van der Waals surface area contributed by atoms with E-state index in [-0.39, 0.29) is 0 Å². The van der Waals surface area contributed by atoms with E-state index in [0.717, 1.165) is 56.6 Å². The number of rotatable bonds is 4. The number of hydrogen-bond acceptors (Lipinski definition) is 5. The summed E-state index contributed by atoms with van der Waals surface area (Å²) in [5.74, 6) is 2.72. The van der Waals surface area contributed by atoms with E-state index in [0.29, 0.717) is 11.9 Å². The lowest BCUT2D eigenvalue weighted by molar-refractivity contribution is 0.119. The predicted molar refractivity (Wildman–Crippen MR) is 91.3 cm³/mol. The zero-order valence-corrected chi connectivity index (χ0v) is 14.5. The van der Waals surface area contributed by atoms with Crippen LogP contribution in [0.3, 0.4) is 0 Å². The SMILES string of the molecule is Cn1c(Cl)cnc1CN1CCN(Cc2ccc3c(c2)OCO3)CC1. The number of hydrogen-bond donors (Lipinski definition) is 0. The maximum Gasteiger partial charge on any atom is 0.231 e. The van der Waals surface area contributed by atoms with Crippen molar-refractivity contribution in [3.63, 3.8) is 0 Å². The summed E-state index contributed by atoms with van der Waals surface area (Å²) in [6, 6.07) is 6.21. The Kier molecular flexibility index (Phi) is 4.35. The smallest absolute Gasteiger partial charge is 0.231 e. The van der Waals surface area contributed by atoms with Gasteiger partial charge < -0.3 is 14.0 Å². The van der Waals surface area contributed by atoms with Gasteiger partial charge in [0.15, 0.2) is 11.5 Å². The topological polar surface area (TPSA) is 42.8 Å². The molecule has 0 unspecified atom stereocenters. The Morgan fingerprint density at radius 1 is 1.04 bits per heavy atom. The summed E-state index contributed by atoms with van der Waals surface area (Å²) >= 11 is 6.06. The minimum atomic E-state index is 0.328. The summed E-state index contributed by atoms with van der Waals surface area (Å²) < 4.78 is 12.8. The van der Waals surface area contributed by atoms with Crippen LogP contribution in [0.2, 0.25) is 5.15 Å². The molecular formula is C17H21ClN4O2. The van der Waals surface area contributed by atoms with E-state index in [4.69, 9.17) is 21.1 Å². The molecule has 1 aromatic heterocycles. The van der Waals surface area contributed by atoms with Crippen LogP contribution in [0.15, 0.2) is 24.4 Å². The molecule has 0 spiro atoms. The highest BCUT2D eigenvalue weighted by atomic mass is 35.5. The monoisotopic (exact) mass is 348 g/mol. The number of aromatic nitrogens is 2. The first kappa shape index (κ1) is 15.7. The molecule has 0 aliphatic carbocycles. The number of piperazine rings is 1. The van der Waals surface area contributed by atoms with Crippen LogP contribution in [0, 0.1) is 0 Å². The summed E-state index contributed by atoms with van der Waals surface area (Å²) in [5, 5.41) is 0.687. The highest BCUT2D eigenvalue weighted by Gasteiger charge is 2.20. The van der Waals surface area contributed by atoms with Crippen LogP contribution in [0.1, 0.15) is 11.4 Å². The number of imidazole rings is 1. The molecule has 1 fully saturated rings. The zero-order valence-electron chi connectivity index (χ0n) is 13.7. The first-order valence-corrected chi connectivity index (χ1v) is 8.56. The molecule has 0 bridgehead atoms. The number of halogens is 1. The van der Waals surface area contributed by atoms with Crippen molar-refractivity contribution in [1.29, 1.82) is 0 Å². The van der Waals surface area contributed by atoms with E-state index < -0.39 is 0 Å². The molecule has 0 radical (unpaired) electrons. The lowest BCUT2D eigenvalue weighted by Gasteiger charge is -2.34.